The van der Waals surface area contributed by atoms with Crippen LogP contribution in [0.1, 0.15) is 21.5 Å². The standard InChI is InChI=1S/C14H11BrCl2/c1-9-2-3-11(8-13(9)17)14(15)10-4-6-12(16)7-5-10/h2-8,14H,1H3. The molecule has 0 saturated carbocycles. The topological polar surface area (TPSA) is 0 Å². The summed E-state index contributed by atoms with van der Waals surface area (Å²) in [5, 5.41) is 1.54. The zero-order valence-corrected chi connectivity index (χ0v) is 12.4. The Bertz CT molecular complexity index is 520. The molecule has 1 unspecified atom stereocenters. The Hall–Kier alpha value is -0.500. The van der Waals surface area contributed by atoms with E-state index >= 15 is 0 Å². The second-order valence-corrected chi connectivity index (χ2v) is 5.68. The molecule has 88 valence electrons. The molecular formula is C14H11BrCl2. The third-order valence-electron chi connectivity index (χ3n) is 2.65. The van der Waals surface area contributed by atoms with Crippen LogP contribution in [0.25, 0.3) is 0 Å². The highest BCUT2D eigenvalue weighted by atomic mass is 79.9. The van der Waals surface area contributed by atoms with E-state index < -0.39 is 0 Å². The first-order valence-corrected chi connectivity index (χ1v) is 6.90. The van der Waals surface area contributed by atoms with Gasteiger partial charge in [0.05, 0.1) is 4.83 Å². The molecule has 0 heterocycles. The lowest BCUT2D eigenvalue weighted by molar-refractivity contribution is 1.17. The van der Waals surface area contributed by atoms with Crippen molar-refractivity contribution in [2.45, 2.75) is 11.8 Å². The van der Waals surface area contributed by atoms with Gasteiger partial charge >= 0.3 is 0 Å². The summed E-state index contributed by atoms with van der Waals surface area (Å²) in [4.78, 5) is 0.137. The van der Waals surface area contributed by atoms with Crippen molar-refractivity contribution in [3.05, 3.63) is 69.2 Å². The molecular weight excluding hydrogens is 319 g/mol. The number of benzene rings is 2. The number of hydrogen-bond acceptors (Lipinski definition) is 0. The summed E-state index contributed by atoms with van der Waals surface area (Å²) < 4.78 is 0. The van der Waals surface area contributed by atoms with Crippen LogP contribution in [0.5, 0.6) is 0 Å². The van der Waals surface area contributed by atoms with Gasteiger partial charge in [0.1, 0.15) is 0 Å². The van der Waals surface area contributed by atoms with Crippen molar-refractivity contribution in [3.63, 3.8) is 0 Å². The van der Waals surface area contributed by atoms with E-state index in [0.717, 1.165) is 26.7 Å². The summed E-state index contributed by atoms with van der Waals surface area (Å²) in [5.74, 6) is 0. The molecule has 2 aromatic rings. The summed E-state index contributed by atoms with van der Waals surface area (Å²) in [5.41, 5.74) is 3.39. The Morgan fingerprint density at radius 2 is 1.53 bits per heavy atom. The number of hydrogen-bond donors (Lipinski definition) is 0. The molecule has 0 N–H and O–H groups in total. The van der Waals surface area contributed by atoms with E-state index in [1.807, 2.05) is 43.3 Å². The van der Waals surface area contributed by atoms with Gasteiger partial charge in [0.15, 0.2) is 0 Å². The SMILES string of the molecule is Cc1ccc(C(Br)c2ccc(Cl)cc2)cc1Cl. The van der Waals surface area contributed by atoms with Gasteiger partial charge in [0.25, 0.3) is 0 Å². The predicted octanol–water partition coefficient (Wildman–Crippen LogP) is 5.79. The van der Waals surface area contributed by atoms with Gasteiger partial charge < -0.3 is 0 Å². The van der Waals surface area contributed by atoms with Gasteiger partial charge in [-0.05, 0) is 41.8 Å². The zero-order chi connectivity index (χ0) is 12.4. The number of alkyl halides is 1. The lowest BCUT2D eigenvalue weighted by Crippen LogP contribution is -1.93. The third-order valence-corrected chi connectivity index (χ3v) is 4.37. The number of halogens is 3. The Morgan fingerprint density at radius 1 is 0.941 bits per heavy atom. The maximum absolute atomic E-state index is 6.13. The normalized spacial score (nSPS) is 12.5. The van der Waals surface area contributed by atoms with Crippen LogP contribution in [-0.2, 0) is 0 Å². The second-order valence-electron chi connectivity index (χ2n) is 3.92. The quantitative estimate of drug-likeness (QED) is 0.612. The molecule has 0 radical (unpaired) electrons. The molecule has 0 aliphatic carbocycles. The van der Waals surface area contributed by atoms with Gasteiger partial charge in [-0.2, -0.15) is 0 Å². The Balaban J connectivity index is 2.33. The fourth-order valence-corrected chi connectivity index (χ4v) is 2.50. The maximum atomic E-state index is 6.13. The second kappa shape index (κ2) is 5.43. The van der Waals surface area contributed by atoms with Crippen LogP contribution in [0.15, 0.2) is 42.5 Å². The lowest BCUT2D eigenvalue weighted by Gasteiger charge is -2.12. The lowest BCUT2D eigenvalue weighted by atomic mass is 10.0. The summed E-state index contributed by atoms with van der Waals surface area (Å²) in [6, 6.07) is 13.9. The molecule has 2 aromatic carbocycles. The van der Waals surface area contributed by atoms with Crippen LogP contribution < -0.4 is 0 Å². The van der Waals surface area contributed by atoms with Crippen LogP contribution in [0.2, 0.25) is 10.0 Å². The molecule has 3 heteroatoms. The largest absolute Gasteiger partial charge is 0.0843 e. The van der Waals surface area contributed by atoms with E-state index in [9.17, 15) is 0 Å². The first-order chi connectivity index (χ1) is 8.08. The van der Waals surface area contributed by atoms with Crippen LogP contribution in [-0.4, -0.2) is 0 Å². The molecule has 0 nitrogen and oxygen atoms in total. The highest BCUT2D eigenvalue weighted by molar-refractivity contribution is 9.09. The highest BCUT2D eigenvalue weighted by Crippen LogP contribution is 2.33. The predicted molar refractivity (Wildman–Crippen MR) is 78.4 cm³/mol. The number of rotatable bonds is 2. The van der Waals surface area contributed by atoms with E-state index in [0.29, 0.717) is 0 Å². The molecule has 1 atom stereocenters. The van der Waals surface area contributed by atoms with Gasteiger partial charge in [-0.15, -0.1) is 0 Å². The van der Waals surface area contributed by atoms with Gasteiger partial charge in [-0.3, -0.25) is 0 Å². The minimum Gasteiger partial charge on any atom is -0.0843 e. The Morgan fingerprint density at radius 3 is 2.12 bits per heavy atom. The average Bonchev–Trinajstić information content (AvgIpc) is 2.33. The van der Waals surface area contributed by atoms with Gasteiger partial charge in [-0.25, -0.2) is 0 Å². The summed E-state index contributed by atoms with van der Waals surface area (Å²) in [6.07, 6.45) is 0. The summed E-state index contributed by atoms with van der Waals surface area (Å²) in [7, 11) is 0. The van der Waals surface area contributed by atoms with Gasteiger partial charge in [0, 0.05) is 10.0 Å². The summed E-state index contributed by atoms with van der Waals surface area (Å²) >= 11 is 15.7. The minimum absolute atomic E-state index is 0.137. The van der Waals surface area contributed by atoms with Crippen molar-refractivity contribution in [3.8, 4) is 0 Å². The monoisotopic (exact) mass is 328 g/mol. The van der Waals surface area contributed by atoms with E-state index in [2.05, 4.69) is 22.0 Å². The molecule has 2 rings (SSSR count). The molecule has 17 heavy (non-hydrogen) atoms. The van der Waals surface area contributed by atoms with Crippen LogP contribution in [0.3, 0.4) is 0 Å². The number of aryl methyl sites for hydroxylation is 1. The van der Waals surface area contributed by atoms with E-state index in [-0.39, 0.29) is 4.83 Å². The van der Waals surface area contributed by atoms with Crippen molar-refractivity contribution in [1.29, 1.82) is 0 Å². The Labute approximate surface area is 120 Å². The van der Waals surface area contributed by atoms with Gasteiger partial charge in [0.2, 0.25) is 0 Å². The molecule has 0 aliphatic rings. The van der Waals surface area contributed by atoms with Crippen molar-refractivity contribution >= 4 is 39.1 Å². The van der Waals surface area contributed by atoms with Crippen LogP contribution in [0, 0.1) is 6.92 Å². The van der Waals surface area contributed by atoms with E-state index in [4.69, 9.17) is 23.2 Å². The molecule has 0 saturated heterocycles. The fourth-order valence-electron chi connectivity index (χ4n) is 1.59. The zero-order valence-electron chi connectivity index (χ0n) is 9.25. The van der Waals surface area contributed by atoms with Crippen molar-refractivity contribution in [1.82, 2.24) is 0 Å². The Kier molecular flexibility index (Phi) is 4.13. The van der Waals surface area contributed by atoms with E-state index in [1.54, 1.807) is 0 Å². The minimum atomic E-state index is 0.137. The smallest absolute Gasteiger partial charge is 0.0645 e. The third kappa shape index (κ3) is 3.04. The van der Waals surface area contributed by atoms with Crippen molar-refractivity contribution < 1.29 is 0 Å². The highest BCUT2D eigenvalue weighted by Gasteiger charge is 2.11. The first-order valence-electron chi connectivity index (χ1n) is 5.23. The van der Waals surface area contributed by atoms with Gasteiger partial charge in [-0.1, -0.05) is 63.4 Å². The van der Waals surface area contributed by atoms with Crippen molar-refractivity contribution in [2.24, 2.45) is 0 Å². The molecule has 0 fully saturated rings. The first kappa shape index (κ1) is 12.9. The van der Waals surface area contributed by atoms with Crippen LogP contribution in [0.4, 0.5) is 0 Å². The average molecular weight is 330 g/mol. The molecule has 0 aliphatic heterocycles. The fraction of sp³-hybridized carbons (Fsp3) is 0.143. The van der Waals surface area contributed by atoms with E-state index in [1.165, 1.54) is 0 Å². The maximum Gasteiger partial charge on any atom is 0.0645 e. The molecule has 0 aromatic heterocycles. The summed E-state index contributed by atoms with van der Waals surface area (Å²) in [6.45, 7) is 2.00. The molecule has 0 bridgehead atoms. The molecule has 0 spiro atoms. The van der Waals surface area contributed by atoms with Crippen molar-refractivity contribution in [2.75, 3.05) is 0 Å². The van der Waals surface area contributed by atoms with Crippen LogP contribution >= 0.6 is 39.1 Å². The molecule has 0 amide bonds.